The number of rotatable bonds is 17. The van der Waals surface area contributed by atoms with Crippen molar-refractivity contribution in [3.8, 4) is 0 Å². The molecule has 2 aromatic carbocycles. The van der Waals surface area contributed by atoms with Crippen LogP contribution >= 0.6 is 0 Å². The summed E-state index contributed by atoms with van der Waals surface area (Å²) in [5.41, 5.74) is 18.9. The molecule has 0 saturated carbocycles. The zero-order valence-electron chi connectivity index (χ0n) is 28.2. The highest BCUT2D eigenvalue weighted by Crippen LogP contribution is 2.12. The molecule has 10 N–H and O–H groups in total. The van der Waals surface area contributed by atoms with Crippen molar-refractivity contribution in [2.45, 2.75) is 76.5 Å². The molecule has 13 nitrogen and oxygen atoms in total. The second kappa shape index (κ2) is 20.0. The first-order chi connectivity index (χ1) is 23.0. The summed E-state index contributed by atoms with van der Waals surface area (Å²) in [4.78, 5) is 60.4. The number of hydrogen-bond donors (Lipinski definition) is 7. The van der Waals surface area contributed by atoms with Crippen LogP contribution in [0.3, 0.4) is 0 Å². The lowest BCUT2D eigenvalue weighted by atomic mass is 9.99. The van der Waals surface area contributed by atoms with Crippen LogP contribution in [0, 0.1) is 5.92 Å². The van der Waals surface area contributed by atoms with E-state index in [1.54, 1.807) is 4.90 Å². The summed E-state index contributed by atoms with van der Waals surface area (Å²) in [5, 5.41) is 11.9. The molecule has 1 aliphatic heterocycles. The van der Waals surface area contributed by atoms with Crippen molar-refractivity contribution in [1.29, 1.82) is 0 Å². The van der Waals surface area contributed by atoms with E-state index in [2.05, 4.69) is 26.3 Å². The Labute approximate surface area is 283 Å². The van der Waals surface area contributed by atoms with Gasteiger partial charge in [0.15, 0.2) is 5.96 Å². The van der Waals surface area contributed by atoms with E-state index >= 15 is 0 Å². The molecule has 0 radical (unpaired) electrons. The number of aliphatic imine (C=N–C) groups is 1. The second-order valence-electron chi connectivity index (χ2n) is 12.7. The van der Waals surface area contributed by atoms with Gasteiger partial charge < -0.3 is 43.4 Å². The lowest BCUT2D eigenvalue weighted by Crippen LogP contribution is -2.58. The summed E-state index contributed by atoms with van der Waals surface area (Å²) >= 11 is 0. The standard InChI is InChI=1S/C35H53N9O4/c1-24(2)21-29(32(46)41-28(15-9-17-40-35(37)38)34(48)44-19-10-16-39-18-20-44)43-33(47)30(23-26-13-7-4-8-14-26)42-31(45)27(36)22-25-11-5-3-6-12-25/h3-8,11-14,24,27-30,39H,9-10,15-23,36H2,1-2H3,(H,41,46)(H,42,45)(H,43,47)(H4,37,38,40)/t27-,28-,29-,30-/m1/s1. The molecule has 0 spiro atoms. The molecule has 1 saturated heterocycles. The van der Waals surface area contributed by atoms with Crippen LogP contribution in [0.5, 0.6) is 0 Å². The van der Waals surface area contributed by atoms with Gasteiger partial charge in [-0.05, 0) is 55.7 Å². The van der Waals surface area contributed by atoms with E-state index in [1.807, 2.05) is 74.5 Å². The summed E-state index contributed by atoms with van der Waals surface area (Å²) in [6.45, 7) is 6.77. The third-order valence-electron chi connectivity index (χ3n) is 8.10. The third kappa shape index (κ3) is 13.3. The first kappa shape index (κ1) is 38.0. The van der Waals surface area contributed by atoms with Crippen LogP contribution in [0.25, 0.3) is 0 Å². The van der Waals surface area contributed by atoms with Crippen molar-refractivity contribution in [1.82, 2.24) is 26.2 Å². The lowest BCUT2D eigenvalue weighted by molar-refractivity contribution is -0.138. The monoisotopic (exact) mass is 663 g/mol. The molecule has 1 fully saturated rings. The van der Waals surface area contributed by atoms with Gasteiger partial charge in [-0.2, -0.15) is 0 Å². The number of nitrogens with two attached hydrogens (primary N) is 3. The van der Waals surface area contributed by atoms with Crippen LogP contribution in [-0.4, -0.2) is 91.4 Å². The summed E-state index contributed by atoms with van der Waals surface area (Å²) in [6, 6.07) is 15.1. The summed E-state index contributed by atoms with van der Waals surface area (Å²) in [7, 11) is 0. The van der Waals surface area contributed by atoms with E-state index in [9.17, 15) is 19.2 Å². The maximum atomic E-state index is 13.9. The summed E-state index contributed by atoms with van der Waals surface area (Å²) in [6.07, 6.45) is 2.41. The van der Waals surface area contributed by atoms with Gasteiger partial charge in [-0.3, -0.25) is 24.2 Å². The molecule has 3 rings (SSSR count). The molecule has 1 aliphatic rings. The predicted octanol–water partition coefficient (Wildman–Crippen LogP) is 0.175. The fraction of sp³-hybridized carbons (Fsp3) is 0.514. The maximum absolute atomic E-state index is 13.9. The van der Waals surface area contributed by atoms with Crippen molar-refractivity contribution < 1.29 is 19.2 Å². The Morgan fingerprint density at radius 3 is 2.00 bits per heavy atom. The molecule has 0 aliphatic carbocycles. The average Bonchev–Trinajstić information content (AvgIpc) is 3.35. The Balaban J connectivity index is 1.78. The van der Waals surface area contributed by atoms with Crippen LogP contribution in [0.15, 0.2) is 65.7 Å². The highest BCUT2D eigenvalue weighted by atomic mass is 16.2. The van der Waals surface area contributed by atoms with E-state index in [1.165, 1.54) is 0 Å². The number of carbonyl (C=O) groups excluding carboxylic acids is 4. The zero-order valence-corrected chi connectivity index (χ0v) is 28.2. The van der Waals surface area contributed by atoms with Gasteiger partial charge in [0.1, 0.15) is 18.1 Å². The van der Waals surface area contributed by atoms with Crippen LogP contribution in [0.2, 0.25) is 0 Å². The van der Waals surface area contributed by atoms with Crippen molar-refractivity contribution in [3.63, 3.8) is 0 Å². The molecular formula is C35H53N9O4. The maximum Gasteiger partial charge on any atom is 0.245 e. The van der Waals surface area contributed by atoms with E-state index in [0.29, 0.717) is 51.9 Å². The van der Waals surface area contributed by atoms with Gasteiger partial charge in [-0.25, -0.2) is 0 Å². The number of nitrogens with zero attached hydrogens (tertiary/aromatic N) is 2. The van der Waals surface area contributed by atoms with Crippen LogP contribution in [0.1, 0.15) is 50.7 Å². The SMILES string of the molecule is CC(C)C[C@@H](NC(=O)[C@@H](Cc1ccccc1)NC(=O)[C@H](N)Cc1ccccc1)C(=O)N[C@H](CCCN=C(N)N)C(=O)N1CCCNCC1. The number of nitrogens with one attached hydrogen (secondary N) is 4. The molecular weight excluding hydrogens is 610 g/mol. The fourth-order valence-electron chi connectivity index (χ4n) is 5.59. The van der Waals surface area contributed by atoms with Gasteiger partial charge in [0.25, 0.3) is 0 Å². The topological polar surface area (TPSA) is 210 Å². The second-order valence-corrected chi connectivity index (χ2v) is 12.7. The lowest BCUT2D eigenvalue weighted by Gasteiger charge is -2.29. The molecule has 1 heterocycles. The average molecular weight is 664 g/mol. The number of hydrogen-bond acceptors (Lipinski definition) is 7. The molecule has 262 valence electrons. The van der Waals surface area contributed by atoms with Crippen molar-refractivity contribution >= 4 is 29.6 Å². The van der Waals surface area contributed by atoms with Gasteiger partial charge in [0, 0.05) is 32.6 Å². The first-order valence-corrected chi connectivity index (χ1v) is 16.8. The number of amides is 4. The van der Waals surface area contributed by atoms with Gasteiger partial charge in [0.05, 0.1) is 6.04 Å². The van der Waals surface area contributed by atoms with Gasteiger partial charge in [0.2, 0.25) is 23.6 Å². The van der Waals surface area contributed by atoms with Crippen molar-refractivity contribution in [2.75, 3.05) is 32.7 Å². The van der Waals surface area contributed by atoms with Crippen molar-refractivity contribution in [3.05, 3.63) is 71.8 Å². The molecule has 48 heavy (non-hydrogen) atoms. The summed E-state index contributed by atoms with van der Waals surface area (Å²) < 4.78 is 0. The minimum Gasteiger partial charge on any atom is -0.370 e. The van der Waals surface area contributed by atoms with Crippen LogP contribution in [0.4, 0.5) is 0 Å². The Bertz CT molecular complexity index is 1330. The normalized spacial score (nSPS) is 15.7. The summed E-state index contributed by atoms with van der Waals surface area (Å²) in [5.74, 6) is -1.66. The van der Waals surface area contributed by atoms with Crippen LogP contribution < -0.4 is 38.5 Å². The molecule has 0 aromatic heterocycles. The Kier molecular flexibility index (Phi) is 15.8. The fourth-order valence-corrected chi connectivity index (χ4v) is 5.59. The van der Waals surface area contributed by atoms with Gasteiger partial charge in [-0.1, -0.05) is 74.5 Å². The quantitative estimate of drug-likeness (QED) is 0.0703. The van der Waals surface area contributed by atoms with E-state index in [0.717, 1.165) is 24.1 Å². The molecule has 4 amide bonds. The van der Waals surface area contributed by atoms with E-state index in [-0.39, 0.29) is 24.2 Å². The molecule has 13 heteroatoms. The van der Waals surface area contributed by atoms with Crippen LogP contribution in [-0.2, 0) is 32.0 Å². The molecule has 2 aromatic rings. The minimum atomic E-state index is -0.995. The molecule has 0 bridgehead atoms. The predicted molar refractivity (Wildman–Crippen MR) is 187 cm³/mol. The highest BCUT2D eigenvalue weighted by molar-refractivity contribution is 5.95. The Morgan fingerprint density at radius 2 is 1.38 bits per heavy atom. The van der Waals surface area contributed by atoms with Gasteiger partial charge in [-0.15, -0.1) is 0 Å². The van der Waals surface area contributed by atoms with Gasteiger partial charge >= 0.3 is 0 Å². The zero-order chi connectivity index (χ0) is 34.9. The smallest absolute Gasteiger partial charge is 0.245 e. The Morgan fingerprint density at radius 1 is 0.792 bits per heavy atom. The highest BCUT2D eigenvalue weighted by Gasteiger charge is 2.32. The van der Waals surface area contributed by atoms with E-state index in [4.69, 9.17) is 17.2 Å². The third-order valence-corrected chi connectivity index (χ3v) is 8.10. The molecule has 0 unspecified atom stereocenters. The first-order valence-electron chi connectivity index (χ1n) is 16.8. The number of benzene rings is 2. The largest absolute Gasteiger partial charge is 0.370 e. The van der Waals surface area contributed by atoms with E-state index < -0.39 is 41.9 Å². The Hall–Kier alpha value is -4.49. The van der Waals surface area contributed by atoms with Crippen molar-refractivity contribution in [2.24, 2.45) is 28.1 Å². The number of guanidine groups is 1. The number of carbonyl (C=O) groups is 4. The minimum absolute atomic E-state index is 0.0372. The molecule has 4 atom stereocenters.